The molecule has 0 aliphatic carbocycles. The van der Waals surface area contributed by atoms with Crippen LogP contribution in [-0.2, 0) is 13.1 Å². The van der Waals surface area contributed by atoms with Gasteiger partial charge in [-0.15, -0.1) is 0 Å². The molecule has 0 bridgehead atoms. The molecule has 26 heavy (non-hydrogen) atoms. The lowest BCUT2D eigenvalue weighted by atomic mass is 10.1. The van der Waals surface area contributed by atoms with E-state index in [2.05, 4.69) is 69.9 Å². The van der Waals surface area contributed by atoms with Crippen molar-refractivity contribution in [3.05, 3.63) is 54.4 Å². The first kappa shape index (κ1) is 20.0. The quantitative estimate of drug-likeness (QED) is 0.390. The fraction of sp³-hybridized carbons (Fsp3) is 0.500. The monoisotopic (exact) mass is 356 g/mol. The summed E-state index contributed by atoms with van der Waals surface area (Å²) in [6.07, 6.45) is 5.88. The number of benzene rings is 1. The van der Waals surface area contributed by atoms with Crippen molar-refractivity contribution in [3.8, 4) is 0 Å². The molecule has 1 atom stereocenters. The summed E-state index contributed by atoms with van der Waals surface area (Å²) in [5, 5.41) is 11.0. The zero-order valence-electron chi connectivity index (χ0n) is 16.2. The number of rotatable bonds is 10. The van der Waals surface area contributed by atoms with Crippen LogP contribution < -0.4 is 10.6 Å². The van der Waals surface area contributed by atoms with Crippen molar-refractivity contribution < 1.29 is 0 Å². The molecule has 0 spiro atoms. The number of aromatic nitrogens is 2. The highest BCUT2D eigenvalue weighted by atomic mass is 15.3. The van der Waals surface area contributed by atoms with E-state index in [0.29, 0.717) is 6.04 Å². The van der Waals surface area contributed by atoms with Gasteiger partial charge in [0.1, 0.15) is 0 Å². The average molecular weight is 357 g/mol. The summed E-state index contributed by atoms with van der Waals surface area (Å²) in [5.41, 5.74) is 1.35. The molecule has 2 aromatic rings. The summed E-state index contributed by atoms with van der Waals surface area (Å²) in [4.78, 5) is 6.68. The summed E-state index contributed by atoms with van der Waals surface area (Å²) in [6, 6.07) is 13.1. The number of nitrogens with one attached hydrogen (secondary N) is 2. The maximum absolute atomic E-state index is 4.29. The van der Waals surface area contributed by atoms with Crippen molar-refractivity contribution in [2.45, 2.75) is 38.9 Å². The summed E-state index contributed by atoms with van der Waals surface area (Å²) in [5.74, 6) is 0.864. The molecule has 0 saturated carbocycles. The Bertz CT molecular complexity index is 623. The van der Waals surface area contributed by atoms with Crippen LogP contribution in [0.3, 0.4) is 0 Å². The summed E-state index contributed by atoms with van der Waals surface area (Å²) in [6.45, 7) is 5.94. The molecule has 0 aliphatic heterocycles. The average Bonchev–Trinajstić information content (AvgIpc) is 3.17. The topological polar surface area (TPSA) is 57.5 Å². The predicted molar refractivity (Wildman–Crippen MR) is 108 cm³/mol. The zero-order chi connectivity index (χ0) is 18.6. The van der Waals surface area contributed by atoms with E-state index in [1.165, 1.54) is 5.56 Å². The van der Waals surface area contributed by atoms with Crippen LogP contribution in [0.1, 0.15) is 25.3 Å². The smallest absolute Gasteiger partial charge is 0.190 e. The molecule has 1 aromatic carbocycles. The molecular formula is C20H32N6. The number of guanidine groups is 1. The number of hydrogen-bond donors (Lipinski definition) is 2. The van der Waals surface area contributed by atoms with Gasteiger partial charge >= 0.3 is 0 Å². The molecule has 0 radical (unpaired) electrons. The Balaban J connectivity index is 1.60. The molecule has 142 valence electrons. The molecule has 1 unspecified atom stereocenters. The van der Waals surface area contributed by atoms with Gasteiger partial charge in [-0.25, -0.2) is 0 Å². The van der Waals surface area contributed by atoms with Crippen LogP contribution in [0.4, 0.5) is 0 Å². The lowest BCUT2D eigenvalue weighted by Gasteiger charge is -2.25. The van der Waals surface area contributed by atoms with E-state index >= 15 is 0 Å². The molecule has 1 heterocycles. The first-order valence-corrected chi connectivity index (χ1v) is 9.35. The number of aliphatic imine (C=N–C) groups is 1. The van der Waals surface area contributed by atoms with Crippen molar-refractivity contribution in [3.63, 3.8) is 0 Å². The molecule has 0 saturated heterocycles. The second-order valence-electron chi connectivity index (χ2n) is 6.59. The molecule has 2 rings (SSSR count). The minimum Gasteiger partial charge on any atom is -0.356 e. The highest BCUT2D eigenvalue weighted by Crippen LogP contribution is 2.07. The molecular weight excluding hydrogens is 324 g/mol. The molecule has 2 N–H and O–H groups in total. The third-order valence-electron chi connectivity index (χ3n) is 4.52. The predicted octanol–water partition coefficient (Wildman–Crippen LogP) is 2.35. The van der Waals surface area contributed by atoms with E-state index in [0.717, 1.165) is 45.0 Å². The normalized spacial score (nSPS) is 13.0. The van der Waals surface area contributed by atoms with Gasteiger partial charge in [0.2, 0.25) is 0 Å². The van der Waals surface area contributed by atoms with Crippen LogP contribution in [0, 0.1) is 0 Å². The van der Waals surface area contributed by atoms with Gasteiger partial charge in [0.05, 0.1) is 0 Å². The Hall–Kier alpha value is -2.34. The summed E-state index contributed by atoms with van der Waals surface area (Å²) < 4.78 is 1.95. The Kier molecular flexibility index (Phi) is 8.69. The Morgan fingerprint density at radius 2 is 1.96 bits per heavy atom. The first-order chi connectivity index (χ1) is 12.7. The van der Waals surface area contributed by atoms with Crippen LogP contribution in [0.15, 0.2) is 53.8 Å². The van der Waals surface area contributed by atoms with E-state index in [9.17, 15) is 0 Å². The lowest BCUT2D eigenvalue weighted by Crippen LogP contribution is -2.40. The van der Waals surface area contributed by atoms with E-state index in [4.69, 9.17) is 0 Å². The van der Waals surface area contributed by atoms with Crippen LogP contribution in [0.2, 0.25) is 0 Å². The molecule has 0 aliphatic rings. The maximum atomic E-state index is 4.29. The van der Waals surface area contributed by atoms with Crippen LogP contribution in [0.25, 0.3) is 0 Å². The molecule has 0 fully saturated rings. The van der Waals surface area contributed by atoms with Crippen LogP contribution in [0.5, 0.6) is 0 Å². The number of hydrogen-bond acceptors (Lipinski definition) is 3. The largest absolute Gasteiger partial charge is 0.356 e. The summed E-state index contributed by atoms with van der Waals surface area (Å²) in [7, 11) is 3.99. The highest BCUT2D eigenvalue weighted by Gasteiger charge is 2.09. The fourth-order valence-corrected chi connectivity index (χ4v) is 2.75. The Labute approximate surface area is 157 Å². The van der Waals surface area contributed by atoms with Crippen molar-refractivity contribution in [2.75, 3.05) is 27.2 Å². The third-order valence-corrected chi connectivity index (χ3v) is 4.52. The Morgan fingerprint density at radius 3 is 2.65 bits per heavy atom. The van der Waals surface area contributed by atoms with Gasteiger partial charge in [0, 0.05) is 51.7 Å². The number of aryl methyl sites for hydroxylation is 1. The van der Waals surface area contributed by atoms with Crippen LogP contribution >= 0.6 is 0 Å². The van der Waals surface area contributed by atoms with Gasteiger partial charge in [0.25, 0.3) is 0 Å². The second-order valence-corrected chi connectivity index (χ2v) is 6.59. The van der Waals surface area contributed by atoms with Gasteiger partial charge in [0.15, 0.2) is 5.96 Å². The van der Waals surface area contributed by atoms with Crippen molar-refractivity contribution >= 4 is 5.96 Å². The fourth-order valence-electron chi connectivity index (χ4n) is 2.75. The zero-order valence-corrected chi connectivity index (χ0v) is 16.2. The molecule has 1 aromatic heterocycles. The van der Waals surface area contributed by atoms with E-state index in [1.54, 1.807) is 0 Å². The minimum absolute atomic E-state index is 0.501. The first-order valence-electron chi connectivity index (χ1n) is 9.35. The lowest BCUT2D eigenvalue weighted by molar-refractivity contribution is 0.238. The molecule has 6 nitrogen and oxygen atoms in total. The van der Waals surface area contributed by atoms with E-state index in [1.807, 2.05) is 30.2 Å². The van der Waals surface area contributed by atoms with Gasteiger partial charge in [-0.1, -0.05) is 30.3 Å². The van der Waals surface area contributed by atoms with Crippen molar-refractivity contribution in [1.82, 2.24) is 25.3 Å². The number of nitrogens with zero attached hydrogens (tertiary/aromatic N) is 4. The van der Waals surface area contributed by atoms with Gasteiger partial charge in [-0.3, -0.25) is 14.6 Å². The SMILES string of the molecule is CN=C(NCCCn1cccn1)NCCC(C)N(C)Cc1ccccc1. The van der Waals surface area contributed by atoms with Crippen molar-refractivity contribution in [2.24, 2.45) is 4.99 Å². The maximum Gasteiger partial charge on any atom is 0.190 e. The van der Waals surface area contributed by atoms with E-state index < -0.39 is 0 Å². The molecule has 6 heteroatoms. The molecule has 0 amide bonds. The Morgan fingerprint density at radius 1 is 1.19 bits per heavy atom. The van der Waals surface area contributed by atoms with Gasteiger partial charge in [-0.05, 0) is 38.4 Å². The van der Waals surface area contributed by atoms with Gasteiger partial charge < -0.3 is 10.6 Å². The highest BCUT2D eigenvalue weighted by molar-refractivity contribution is 5.79. The van der Waals surface area contributed by atoms with Crippen molar-refractivity contribution in [1.29, 1.82) is 0 Å². The second kappa shape index (κ2) is 11.3. The van der Waals surface area contributed by atoms with Crippen LogP contribution in [-0.4, -0.2) is 53.9 Å². The standard InChI is InChI=1S/C20H32N6/c1-18(25(3)17-19-9-5-4-6-10-19)11-14-23-20(21-2)22-12-7-15-26-16-8-13-24-26/h4-6,8-10,13,16,18H,7,11-12,14-15,17H2,1-3H3,(H2,21,22,23). The van der Waals surface area contributed by atoms with E-state index in [-0.39, 0.29) is 0 Å². The van der Waals surface area contributed by atoms with Gasteiger partial charge in [-0.2, -0.15) is 5.10 Å². The summed E-state index contributed by atoms with van der Waals surface area (Å²) >= 11 is 0. The minimum atomic E-state index is 0.501. The third kappa shape index (κ3) is 7.27.